The van der Waals surface area contributed by atoms with E-state index in [2.05, 4.69) is 26.5 Å². The summed E-state index contributed by atoms with van der Waals surface area (Å²) in [5, 5.41) is 33.3. The maximum atomic E-state index is 14.6. The lowest BCUT2D eigenvalue weighted by Gasteiger charge is -2.43. The Bertz CT molecular complexity index is 1940. The van der Waals surface area contributed by atoms with Crippen molar-refractivity contribution in [2.45, 2.75) is 199 Å². The maximum Gasteiger partial charge on any atom is 0.329 e. The third-order valence-electron chi connectivity index (χ3n) is 16.3. The molecule has 4 heterocycles. The average molecular weight is 1030 g/mol. The zero-order valence-corrected chi connectivity index (χ0v) is 45.5. The van der Waals surface area contributed by atoms with Crippen LogP contribution in [-0.4, -0.2) is 152 Å². The van der Waals surface area contributed by atoms with Gasteiger partial charge < -0.3 is 53.4 Å². The molecule has 412 valence electrons. The van der Waals surface area contributed by atoms with E-state index in [1.165, 1.54) is 4.90 Å². The van der Waals surface area contributed by atoms with Crippen LogP contribution in [0.15, 0.2) is 59.8 Å². The summed E-state index contributed by atoms with van der Waals surface area (Å²) in [6.07, 6.45) is 15.5. The molecule has 1 amide bonds. The summed E-state index contributed by atoms with van der Waals surface area (Å²) in [4.78, 5) is 59.1. The van der Waals surface area contributed by atoms with Crippen molar-refractivity contribution in [3.05, 3.63) is 59.8 Å². The molecule has 15 heteroatoms. The Labute approximate surface area is 436 Å². The second kappa shape index (κ2) is 29.2. The Balaban J connectivity index is 1.47. The Morgan fingerprint density at radius 1 is 0.877 bits per heavy atom. The summed E-state index contributed by atoms with van der Waals surface area (Å²) < 4.78 is 42.7. The molecule has 16 unspecified atom stereocenters. The number of hydrogen-bond acceptors (Lipinski definition) is 14. The lowest BCUT2D eigenvalue weighted by atomic mass is 9.78. The van der Waals surface area contributed by atoms with Crippen LogP contribution in [0.5, 0.6) is 0 Å². The van der Waals surface area contributed by atoms with Crippen LogP contribution in [0.1, 0.15) is 138 Å². The van der Waals surface area contributed by atoms with Gasteiger partial charge in [0.05, 0.1) is 50.3 Å². The van der Waals surface area contributed by atoms with E-state index in [1.807, 2.05) is 38.2 Å². The van der Waals surface area contributed by atoms with Gasteiger partial charge in [-0.3, -0.25) is 14.4 Å². The van der Waals surface area contributed by atoms with E-state index >= 15 is 0 Å². The first-order valence-electron chi connectivity index (χ1n) is 27.4. The van der Waals surface area contributed by atoms with Crippen molar-refractivity contribution in [1.29, 1.82) is 0 Å². The fraction of sp³-hybridized carbons (Fsp3) is 0.759. The van der Waals surface area contributed by atoms with Gasteiger partial charge in [0.15, 0.2) is 0 Å². The second-order valence-corrected chi connectivity index (χ2v) is 22.1. The zero-order chi connectivity index (χ0) is 53.4. The molecule has 0 aromatic carbocycles. The molecule has 3 N–H and O–H groups in total. The van der Waals surface area contributed by atoms with E-state index in [-0.39, 0.29) is 80.4 Å². The molecular weight excluding hydrogens is 935 g/mol. The molecule has 16 atom stereocenters. The number of carbonyl (C=O) groups is 4. The molecule has 0 radical (unpaired) electrons. The number of methoxy groups -OCH3 is 2. The zero-order valence-electron chi connectivity index (χ0n) is 45.5. The van der Waals surface area contributed by atoms with Crippen molar-refractivity contribution in [3.63, 3.8) is 0 Å². The summed E-state index contributed by atoms with van der Waals surface area (Å²) >= 11 is 0. The van der Waals surface area contributed by atoms with Crippen LogP contribution in [0.25, 0.3) is 0 Å². The van der Waals surface area contributed by atoms with Crippen molar-refractivity contribution in [1.82, 2.24) is 4.90 Å². The summed E-state index contributed by atoms with van der Waals surface area (Å²) in [6, 6.07) is -1.13. The van der Waals surface area contributed by atoms with Gasteiger partial charge in [0.25, 0.3) is 11.7 Å². The number of hydrogen-bond donors (Lipinski definition) is 3. The number of esters is 1. The Morgan fingerprint density at radius 2 is 1.64 bits per heavy atom. The van der Waals surface area contributed by atoms with Crippen LogP contribution < -0.4 is 0 Å². The minimum atomic E-state index is -2.44. The fourth-order valence-corrected chi connectivity index (χ4v) is 11.5. The number of aliphatic hydroxyl groups is 3. The number of cyclic esters (lactones) is 1. The van der Waals surface area contributed by atoms with Gasteiger partial charge in [0, 0.05) is 52.0 Å². The quantitative estimate of drug-likeness (QED) is 0.103. The first-order chi connectivity index (χ1) is 34.8. The van der Waals surface area contributed by atoms with Crippen molar-refractivity contribution < 1.29 is 67.7 Å². The van der Waals surface area contributed by atoms with Crippen molar-refractivity contribution >= 4 is 23.4 Å². The van der Waals surface area contributed by atoms with Crippen LogP contribution in [-0.2, 0) is 52.3 Å². The Kier molecular flexibility index (Phi) is 24.2. The predicted octanol–water partition coefficient (Wildman–Crippen LogP) is 7.73. The number of amides is 1. The first kappa shape index (κ1) is 60.5. The van der Waals surface area contributed by atoms with Crippen LogP contribution in [0.3, 0.4) is 0 Å². The number of aliphatic hydroxyl groups excluding tert-OH is 2. The average Bonchev–Trinajstić information content (AvgIpc) is 3.90. The van der Waals surface area contributed by atoms with E-state index < -0.39 is 71.8 Å². The summed E-state index contributed by atoms with van der Waals surface area (Å²) in [6.45, 7) is 19.0. The van der Waals surface area contributed by atoms with E-state index in [0.29, 0.717) is 70.2 Å². The SMILES string of the molecule is C=C1C(C)CC(C)/C=C/C=C/C=C(\C)C(OCC2CCCO2)CC2CCC(C)C(O)(O2)C(=O)C(=O)N2CCCCC2C(=O)OC(C(C)CC2CCC(OCCO)C(OC)C2)CC(=O)C(C)/C=C(\C)C(O)C1OC. The maximum absolute atomic E-state index is 14.6. The molecule has 1 aliphatic carbocycles. The molecule has 5 rings (SSSR count). The number of ether oxygens (including phenoxy) is 7. The van der Waals surface area contributed by atoms with Crippen LogP contribution in [0.4, 0.5) is 0 Å². The van der Waals surface area contributed by atoms with E-state index in [4.69, 9.17) is 33.2 Å². The molecular formula is C58H91NO14. The third-order valence-corrected chi connectivity index (χ3v) is 16.3. The number of rotatable bonds is 11. The lowest BCUT2D eigenvalue weighted by molar-refractivity contribution is -0.266. The summed E-state index contributed by atoms with van der Waals surface area (Å²) in [7, 11) is 3.19. The molecule has 2 bridgehead atoms. The van der Waals surface area contributed by atoms with Gasteiger partial charge in [-0.05, 0) is 131 Å². The van der Waals surface area contributed by atoms with Crippen LogP contribution >= 0.6 is 0 Å². The van der Waals surface area contributed by atoms with Crippen LogP contribution in [0, 0.1) is 35.5 Å². The van der Waals surface area contributed by atoms with E-state index in [1.54, 1.807) is 41.1 Å². The highest BCUT2D eigenvalue weighted by Gasteiger charge is 2.53. The highest BCUT2D eigenvalue weighted by molar-refractivity contribution is 6.39. The van der Waals surface area contributed by atoms with Gasteiger partial charge >= 0.3 is 5.97 Å². The molecule has 4 aliphatic heterocycles. The highest BCUT2D eigenvalue weighted by atomic mass is 16.6. The fourth-order valence-electron chi connectivity index (χ4n) is 11.5. The molecule has 0 aromatic heterocycles. The molecule has 4 fully saturated rings. The number of piperidine rings is 1. The number of carbonyl (C=O) groups excluding carboxylic acids is 4. The lowest BCUT2D eigenvalue weighted by Crippen LogP contribution is -2.61. The molecule has 0 spiro atoms. The normalized spacial score (nSPS) is 39.4. The molecule has 5 aliphatic rings. The van der Waals surface area contributed by atoms with Crippen molar-refractivity contribution in [3.8, 4) is 0 Å². The second-order valence-electron chi connectivity index (χ2n) is 22.1. The Hall–Kier alpha value is -3.38. The van der Waals surface area contributed by atoms with Crippen molar-refractivity contribution in [2.75, 3.05) is 47.2 Å². The van der Waals surface area contributed by atoms with Crippen LogP contribution in [0.2, 0.25) is 0 Å². The topological polar surface area (TPSA) is 197 Å². The minimum absolute atomic E-state index is 0.0115. The predicted molar refractivity (Wildman–Crippen MR) is 278 cm³/mol. The third kappa shape index (κ3) is 16.8. The standard InChI is InChI=1S/C58H91NO14/c1-36-17-12-11-13-18-37(2)50(71-35-46-19-16-27-69-46)33-45-23-21-42(7)58(66,73-45)55(63)56(64)59-25-15-14-20-47(59)57(65)72-51(40(5)31-44-22-24-49(70-28-26-60)52(32-44)67-9)34-48(61)39(4)30-41(6)53(62)54(68-10)43(8)38(3)29-36/h11-13,17-18,30,36,38-40,42,44-47,49-54,60,62,66H,8,14-16,19-29,31-35H2,1-7,9-10H3/b13-11+,17-12+,37-18+,41-30+. The molecule has 73 heavy (non-hydrogen) atoms. The van der Waals surface area contributed by atoms with Gasteiger partial charge in [0.2, 0.25) is 5.79 Å². The van der Waals surface area contributed by atoms with Gasteiger partial charge in [0.1, 0.15) is 30.1 Å². The minimum Gasteiger partial charge on any atom is -0.460 e. The van der Waals surface area contributed by atoms with E-state index in [9.17, 15) is 34.5 Å². The molecule has 3 saturated heterocycles. The number of ketones is 2. The number of Topliss-reactive ketones (excluding diaryl/α,β-unsaturated/α-hetero) is 2. The highest BCUT2D eigenvalue weighted by Crippen LogP contribution is 2.38. The number of allylic oxidation sites excluding steroid dienone is 6. The van der Waals surface area contributed by atoms with E-state index in [0.717, 1.165) is 36.8 Å². The summed E-state index contributed by atoms with van der Waals surface area (Å²) in [5.74, 6) is -6.90. The largest absolute Gasteiger partial charge is 0.460 e. The smallest absolute Gasteiger partial charge is 0.329 e. The monoisotopic (exact) mass is 1030 g/mol. The van der Waals surface area contributed by atoms with Gasteiger partial charge in [-0.2, -0.15) is 0 Å². The Morgan fingerprint density at radius 3 is 2.34 bits per heavy atom. The summed E-state index contributed by atoms with van der Waals surface area (Å²) in [5.41, 5.74) is 2.20. The molecule has 1 saturated carbocycles. The molecule has 0 aromatic rings. The number of nitrogens with zero attached hydrogens (tertiary/aromatic N) is 1. The molecule has 15 nitrogen and oxygen atoms in total. The van der Waals surface area contributed by atoms with Gasteiger partial charge in [-0.1, -0.05) is 77.7 Å². The van der Waals surface area contributed by atoms with Gasteiger partial charge in [-0.25, -0.2) is 4.79 Å². The first-order valence-corrected chi connectivity index (χ1v) is 27.4. The number of fused-ring (bicyclic) bond motifs is 3. The van der Waals surface area contributed by atoms with Gasteiger partial charge in [-0.15, -0.1) is 0 Å². The van der Waals surface area contributed by atoms with Crippen molar-refractivity contribution in [2.24, 2.45) is 35.5 Å².